The van der Waals surface area contributed by atoms with Gasteiger partial charge in [0.05, 0.1) is 23.2 Å². The number of ether oxygens (including phenoxy) is 2. The number of carbonyl (C=O) groups is 1. The van der Waals surface area contributed by atoms with E-state index in [1.165, 1.54) is 13.2 Å². The fraction of sp³-hybridized carbons (Fsp3) is 0.462. The molecule has 0 aromatic heterocycles. The highest BCUT2D eigenvalue weighted by molar-refractivity contribution is 7.91. The van der Waals surface area contributed by atoms with Crippen LogP contribution in [-0.2, 0) is 24.9 Å². The van der Waals surface area contributed by atoms with Gasteiger partial charge in [0.15, 0.2) is 5.94 Å². The lowest BCUT2D eigenvalue weighted by molar-refractivity contribution is -0.00253. The van der Waals surface area contributed by atoms with Crippen molar-refractivity contribution in [2.75, 3.05) is 13.0 Å². The third-order valence-electron chi connectivity index (χ3n) is 3.29. The van der Waals surface area contributed by atoms with Crippen LogP contribution in [0, 0.1) is 6.92 Å². The molecule has 0 bridgehead atoms. The monoisotopic (exact) mass is 284 g/mol. The molecule has 0 spiro atoms. The van der Waals surface area contributed by atoms with Gasteiger partial charge in [0.25, 0.3) is 0 Å². The van der Waals surface area contributed by atoms with Gasteiger partial charge in [-0.2, -0.15) is 0 Å². The molecule has 0 aliphatic carbocycles. The van der Waals surface area contributed by atoms with Gasteiger partial charge in [-0.3, -0.25) is 0 Å². The standard InChI is InChI=1S/C13H16O5S/c1-8-5-10-11(6-9(8)12(14)17-4)19(15,16)7-18-13(10,2)3/h5-6H,7H2,1-4H3. The van der Waals surface area contributed by atoms with Crippen molar-refractivity contribution in [2.45, 2.75) is 31.3 Å². The smallest absolute Gasteiger partial charge is 0.338 e. The molecule has 1 aromatic carbocycles. The Morgan fingerprint density at radius 2 is 2.00 bits per heavy atom. The summed E-state index contributed by atoms with van der Waals surface area (Å²) in [5, 5.41) is 0. The molecule has 19 heavy (non-hydrogen) atoms. The normalized spacial score (nSPS) is 19.6. The first-order chi connectivity index (χ1) is 8.69. The van der Waals surface area contributed by atoms with Gasteiger partial charge in [-0.05, 0) is 32.4 Å². The van der Waals surface area contributed by atoms with Crippen LogP contribution in [0.1, 0.15) is 35.3 Å². The number of hydrogen-bond acceptors (Lipinski definition) is 5. The number of methoxy groups -OCH3 is 1. The van der Waals surface area contributed by atoms with Crippen LogP contribution in [0.3, 0.4) is 0 Å². The molecule has 1 heterocycles. The number of benzene rings is 1. The predicted molar refractivity (Wildman–Crippen MR) is 68.7 cm³/mol. The third-order valence-corrected chi connectivity index (χ3v) is 4.73. The number of fused-ring (bicyclic) bond motifs is 1. The Morgan fingerprint density at radius 3 is 2.58 bits per heavy atom. The quantitative estimate of drug-likeness (QED) is 0.735. The van der Waals surface area contributed by atoms with Gasteiger partial charge in [-0.15, -0.1) is 0 Å². The van der Waals surface area contributed by atoms with Crippen molar-refractivity contribution >= 4 is 15.8 Å². The number of sulfone groups is 1. The number of carbonyl (C=O) groups excluding carboxylic acids is 1. The van der Waals surface area contributed by atoms with Crippen molar-refractivity contribution in [3.63, 3.8) is 0 Å². The van der Waals surface area contributed by atoms with Gasteiger partial charge in [-0.1, -0.05) is 6.07 Å². The van der Waals surface area contributed by atoms with Crippen LogP contribution < -0.4 is 0 Å². The first-order valence-electron chi connectivity index (χ1n) is 5.79. The molecule has 0 unspecified atom stereocenters. The minimum absolute atomic E-state index is 0.148. The lowest BCUT2D eigenvalue weighted by Gasteiger charge is -2.33. The van der Waals surface area contributed by atoms with Crippen molar-refractivity contribution in [1.29, 1.82) is 0 Å². The highest BCUT2D eigenvalue weighted by Crippen LogP contribution is 2.37. The third kappa shape index (κ3) is 2.26. The predicted octanol–water partition coefficient (Wildman–Crippen LogP) is 1.78. The molecule has 0 radical (unpaired) electrons. The van der Waals surface area contributed by atoms with E-state index in [2.05, 4.69) is 4.74 Å². The van der Waals surface area contributed by atoms with E-state index in [4.69, 9.17) is 4.74 Å². The molecule has 0 saturated heterocycles. The van der Waals surface area contributed by atoms with Crippen molar-refractivity contribution in [1.82, 2.24) is 0 Å². The topological polar surface area (TPSA) is 69.7 Å². The molecule has 1 aromatic rings. The van der Waals surface area contributed by atoms with Crippen molar-refractivity contribution < 1.29 is 22.7 Å². The number of esters is 1. The lowest BCUT2D eigenvalue weighted by Crippen LogP contribution is -2.33. The SMILES string of the molecule is COC(=O)c1cc2c(cc1C)C(C)(C)OCS2(=O)=O. The Balaban J connectivity index is 2.76. The maximum absolute atomic E-state index is 12.1. The number of aryl methyl sites for hydroxylation is 1. The first-order valence-corrected chi connectivity index (χ1v) is 7.44. The van der Waals surface area contributed by atoms with Gasteiger partial charge >= 0.3 is 5.97 Å². The minimum Gasteiger partial charge on any atom is -0.465 e. The fourth-order valence-corrected chi connectivity index (χ4v) is 3.63. The van der Waals surface area contributed by atoms with Crippen molar-refractivity contribution in [2.24, 2.45) is 0 Å². The van der Waals surface area contributed by atoms with E-state index in [1.54, 1.807) is 26.8 Å². The summed E-state index contributed by atoms with van der Waals surface area (Å²) in [7, 11) is -2.26. The molecule has 104 valence electrons. The summed E-state index contributed by atoms with van der Waals surface area (Å²) in [6.07, 6.45) is 0. The molecule has 2 rings (SSSR count). The maximum Gasteiger partial charge on any atom is 0.338 e. The zero-order valence-electron chi connectivity index (χ0n) is 11.3. The molecule has 0 fully saturated rings. The van der Waals surface area contributed by atoms with Gasteiger partial charge in [-0.25, -0.2) is 13.2 Å². The molecule has 1 aliphatic heterocycles. The molecule has 0 N–H and O–H groups in total. The Morgan fingerprint density at radius 1 is 1.37 bits per heavy atom. The Hall–Kier alpha value is -1.40. The number of rotatable bonds is 1. The van der Waals surface area contributed by atoms with Crippen LogP contribution >= 0.6 is 0 Å². The van der Waals surface area contributed by atoms with Crippen LogP contribution in [0.25, 0.3) is 0 Å². The highest BCUT2D eigenvalue weighted by Gasteiger charge is 2.37. The molecule has 6 heteroatoms. The molecule has 0 atom stereocenters. The maximum atomic E-state index is 12.1. The van der Waals surface area contributed by atoms with Gasteiger partial charge in [0, 0.05) is 5.56 Å². The van der Waals surface area contributed by atoms with Crippen LogP contribution in [-0.4, -0.2) is 27.4 Å². The van der Waals surface area contributed by atoms with Crippen LogP contribution in [0.2, 0.25) is 0 Å². The van der Waals surface area contributed by atoms with Crippen molar-refractivity contribution in [3.05, 3.63) is 28.8 Å². The van der Waals surface area contributed by atoms with E-state index >= 15 is 0 Å². The average Bonchev–Trinajstić information content (AvgIpc) is 2.34. The zero-order chi connectivity index (χ0) is 14.4. The molecule has 0 saturated carbocycles. The second-order valence-electron chi connectivity index (χ2n) is 5.04. The van der Waals surface area contributed by atoms with E-state index in [-0.39, 0.29) is 16.4 Å². The van der Waals surface area contributed by atoms with Crippen LogP contribution in [0.4, 0.5) is 0 Å². The van der Waals surface area contributed by atoms with Crippen molar-refractivity contribution in [3.8, 4) is 0 Å². The van der Waals surface area contributed by atoms with E-state index < -0.39 is 21.4 Å². The van der Waals surface area contributed by atoms with E-state index in [1.807, 2.05) is 0 Å². The van der Waals surface area contributed by atoms with Gasteiger partial charge < -0.3 is 9.47 Å². The zero-order valence-corrected chi connectivity index (χ0v) is 12.1. The van der Waals surface area contributed by atoms with Crippen LogP contribution in [0.5, 0.6) is 0 Å². The van der Waals surface area contributed by atoms with E-state index in [9.17, 15) is 13.2 Å². The Labute approximate surface area is 112 Å². The summed E-state index contributed by atoms with van der Waals surface area (Å²) in [5.74, 6) is -0.920. The average molecular weight is 284 g/mol. The largest absolute Gasteiger partial charge is 0.465 e. The highest BCUT2D eigenvalue weighted by atomic mass is 32.2. The summed E-state index contributed by atoms with van der Waals surface area (Å²) in [6, 6.07) is 3.06. The van der Waals surface area contributed by atoms with Gasteiger partial charge in [0.2, 0.25) is 9.84 Å². The summed E-state index contributed by atoms with van der Waals surface area (Å²) < 4.78 is 34.2. The fourth-order valence-electron chi connectivity index (χ4n) is 2.11. The summed E-state index contributed by atoms with van der Waals surface area (Å²) in [5.41, 5.74) is 0.811. The summed E-state index contributed by atoms with van der Waals surface area (Å²) in [4.78, 5) is 11.8. The van der Waals surface area contributed by atoms with Crippen LogP contribution in [0.15, 0.2) is 17.0 Å². The number of hydrogen-bond donors (Lipinski definition) is 0. The van der Waals surface area contributed by atoms with E-state index in [0.29, 0.717) is 11.1 Å². The lowest BCUT2D eigenvalue weighted by atomic mass is 9.94. The first kappa shape index (κ1) is 14.0. The van der Waals surface area contributed by atoms with E-state index in [0.717, 1.165) is 0 Å². The minimum atomic E-state index is -3.52. The second kappa shape index (κ2) is 4.31. The molecule has 1 aliphatic rings. The second-order valence-corrected chi connectivity index (χ2v) is 6.95. The Kier molecular flexibility index (Phi) is 3.18. The Bertz CT molecular complexity index is 643. The summed E-state index contributed by atoms with van der Waals surface area (Å²) in [6.45, 7) is 5.35. The van der Waals surface area contributed by atoms with Gasteiger partial charge in [0.1, 0.15) is 0 Å². The summed E-state index contributed by atoms with van der Waals surface area (Å²) >= 11 is 0. The molecule has 0 amide bonds. The molecule has 5 nitrogen and oxygen atoms in total. The molecular formula is C13H16O5S. The molecular weight excluding hydrogens is 268 g/mol.